The lowest BCUT2D eigenvalue weighted by Crippen LogP contribution is -2.36. The Morgan fingerprint density at radius 1 is 1.18 bits per heavy atom. The van der Waals surface area contributed by atoms with Crippen LogP contribution in [0.2, 0.25) is 0 Å². The lowest BCUT2D eigenvalue weighted by atomic mass is 10.0. The molecule has 0 spiro atoms. The Kier molecular flexibility index (Phi) is 6.97. The lowest BCUT2D eigenvalue weighted by Gasteiger charge is -2.33. The van der Waals surface area contributed by atoms with Crippen LogP contribution in [-0.4, -0.2) is 30.1 Å². The van der Waals surface area contributed by atoms with Crippen LogP contribution in [0.1, 0.15) is 75.7 Å². The quantitative estimate of drug-likeness (QED) is 0.352. The average molecular weight is 463 g/mol. The van der Waals surface area contributed by atoms with Gasteiger partial charge in [-0.3, -0.25) is 9.69 Å². The zero-order chi connectivity index (χ0) is 24.3. The topological polar surface area (TPSA) is 92.8 Å². The van der Waals surface area contributed by atoms with E-state index >= 15 is 0 Å². The van der Waals surface area contributed by atoms with Gasteiger partial charge in [-0.25, -0.2) is 4.68 Å². The van der Waals surface area contributed by atoms with Crippen molar-refractivity contribution in [2.24, 2.45) is 0 Å². The number of hydrogen-bond acceptors (Lipinski definition) is 6. The largest absolute Gasteiger partial charge is 0.468 e. The van der Waals surface area contributed by atoms with E-state index in [4.69, 9.17) is 4.42 Å². The van der Waals surface area contributed by atoms with E-state index in [-0.39, 0.29) is 17.1 Å². The number of benzene rings is 1. The summed E-state index contributed by atoms with van der Waals surface area (Å²) in [5.74, 6) is 1.65. The smallest absolute Gasteiger partial charge is 0.252 e. The zero-order valence-electron chi connectivity index (χ0n) is 20.7. The number of aromatic nitrogens is 5. The maximum Gasteiger partial charge on any atom is 0.252 e. The molecule has 8 heteroatoms. The summed E-state index contributed by atoms with van der Waals surface area (Å²) in [5.41, 5.74) is 2.40. The van der Waals surface area contributed by atoms with Crippen molar-refractivity contribution < 1.29 is 4.42 Å². The van der Waals surface area contributed by atoms with Gasteiger partial charge in [0.05, 0.1) is 24.4 Å². The third-order valence-electron chi connectivity index (χ3n) is 6.62. The Morgan fingerprint density at radius 2 is 2.00 bits per heavy atom. The molecule has 3 heterocycles. The predicted molar refractivity (Wildman–Crippen MR) is 132 cm³/mol. The molecule has 8 nitrogen and oxygen atoms in total. The van der Waals surface area contributed by atoms with Crippen LogP contribution < -0.4 is 5.56 Å². The van der Waals surface area contributed by atoms with Gasteiger partial charge >= 0.3 is 0 Å². The van der Waals surface area contributed by atoms with Crippen molar-refractivity contribution >= 4 is 10.9 Å². The summed E-state index contributed by atoms with van der Waals surface area (Å²) in [5, 5.41) is 13.9. The first kappa shape index (κ1) is 23.9. The molecule has 34 heavy (non-hydrogen) atoms. The van der Waals surface area contributed by atoms with Crippen molar-refractivity contribution in [3.8, 4) is 0 Å². The number of furan rings is 1. The van der Waals surface area contributed by atoms with Crippen molar-refractivity contribution in [2.45, 2.75) is 78.6 Å². The summed E-state index contributed by atoms with van der Waals surface area (Å²) in [7, 11) is 0. The van der Waals surface area contributed by atoms with Crippen molar-refractivity contribution in [3.63, 3.8) is 0 Å². The maximum atomic E-state index is 13.0. The summed E-state index contributed by atoms with van der Waals surface area (Å²) >= 11 is 0. The Bertz CT molecular complexity index is 1290. The molecule has 4 aromatic rings. The fraction of sp³-hybridized carbons (Fsp3) is 0.462. The third-order valence-corrected chi connectivity index (χ3v) is 6.62. The summed E-state index contributed by atoms with van der Waals surface area (Å²) < 4.78 is 7.64. The number of rotatable bonds is 10. The molecule has 1 aromatic carbocycles. The number of pyridine rings is 1. The van der Waals surface area contributed by atoms with E-state index in [1.54, 1.807) is 6.26 Å². The van der Waals surface area contributed by atoms with Gasteiger partial charge in [-0.05, 0) is 79.8 Å². The Balaban J connectivity index is 1.78. The zero-order valence-corrected chi connectivity index (χ0v) is 20.7. The standard InChI is InChI=1S/C26H34N6O2/c1-6-9-23(24-28-29-30-32(24)26(4,5)7-2)31(17-21-10-8-13-34-21)16-20-15-19-14-18(3)11-12-22(19)27-25(20)33/h8,10-15,23H,6-7,9,16-17H2,1-5H3,(H,27,33)/t23-/m0/s1. The van der Waals surface area contributed by atoms with Crippen LogP contribution >= 0.6 is 0 Å². The summed E-state index contributed by atoms with van der Waals surface area (Å²) in [6.45, 7) is 11.6. The minimum absolute atomic E-state index is 0.0791. The summed E-state index contributed by atoms with van der Waals surface area (Å²) in [4.78, 5) is 18.3. The average Bonchev–Trinajstić information content (AvgIpc) is 3.50. The van der Waals surface area contributed by atoms with Crippen LogP contribution in [0, 0.1) is 6.92 Å². The minimum Gasteiger partial charge on any atom is -0.468 e. The van der Waals surface area contributed by atoms with Gasteiger partial charge in [-0.1, -0.05) is 31.9 Å². The molecule has 0 saturated carbocycles. The molecule has 0 aliphatic carbocycles. The van der Waals surface area contributed by atoms with Crippen LogP contribution in [0.25, 0.3) is 10.9 Å². The van der Waals surface area contributed by atoms with Crippen LogP contribution in [0.5, 0.6) is 0 Å². The van der Waals surface area contributed by atoms with Gasteiger partial charge < -0.3 is 9.40 Å². The number of tetrazole rings is 1. The number of nitrogens with one attached hydrogen (secondary N) is 1. The first-order valence-corrected chi connectivity index (χ1v) is 12.0. The normalized spacial score (nSPS) is 13.1. The summed E-state index contributed by atoms with van der Waals surface area (Å²) in [6.07, 6.45) is 4.38. The van der Waals surface area contributed by atoms with Crippen molar-refractivity contribution in [2.75, 3.05) is 0 Å². The van der Waals surface area contributed by atoms with E-state index in [1.807, 2.05) is 35.0 Å². The van der Waals surface area contributed by atoms with E-state index in [0.29, 0.717) is 18.7 Å². The molecule has 0 amide bonds. The second-order valence-electron chi connectivity index (χ2n) is 9.62. The predicted octanol–water partition coefficient (Wildman–Crippen LogP) is 5.10. The Hall–Kier alpha value is -3.26. The molecule has 1 atom stereocenters. The molecule has 0 saturated heterocycles. The molecule has 0 bridgehead atoms. The number of fused-ring (bicyclic) bond motifs is 1. The number of aromatic amines is 1. The molecule has 0 unspecified atom stereocenters. The highest BCUT2D eigenvalue weighted by Gasteiger charge is 2.32. The third kappa shape index (κ3) is 4.97. The number of H-pyrrole nitrogens is 1. The number of nitrogens with zero attached hydrogens (tertiary/aromatic N) is 5. The maximum absolute atomic E-state index is 13.0. The monoisotopic (exact) mass is 462 g/mol. The van der Waals surface area contributed by atoms with Gasteiger partial charge in [0.2, 0.25) is 0 Å². The first-order chi connectivity index (χ1) is 16.3. The Morgan fingerprint density at radius 3 is 2.71 bits per heavy atom. The van der Waals surface area contributed by atoms with Gasteiger partial charge in [0.1, 0.15) is 5.76 Å². The van der Waals surface area contributed by atoms with Crippen LogP contribution in [0.3, 0.4) is 0 Å². The van der Waals surface area contributed by atoms with Gasteiger partial charge in [-0.15, -0.1) is 5.10 Å². The van der Waals surface area contributed by atoms with Gasteiger partial charge in [0.15, 0.2) is 5.82 Å². The van der Waals surface area contributed by atoms with E-state index in [9.17, 15) is 4.79 Å². The Labute approximate surface area is 200 Å². The molecule has 3 aromatic heterocycles. The molecule has 0 aliphatic heterocycles. The second kappa shape index (κ2) is 9.93. The van der Waals surface area contributed by atoms with Crippen LogP contribution in [-0.2, 0) is 18.6 Å². The molecule has 4 rings (SSSR count). The van der Waals surface area contributed by atoms with Crippen molar-refractivity contribution in [3.05, 3.63) is 75.7 Å². The molecule has 0 fully saturated rings. The summed E-state index contributed by atoms with van der Waals surface area (Å²) in [6, 6.07) is 11.8. The number of aryl methyl sites for hydroxylation is 1. The van der Waals surface area contributed by atoms with E-state index in [1.165, 1.54) is 0 Å². The molecule has 0 aliphatic rings. The van der Waals surface area contributed by atoms with Crippen LogP contribution in [0.4, 0.5) is 0 Å². The van der Waals surface area contributed by atoms with Crippen LogP contribution in [0.15, 0.2) is 51.9 Å². The van der Waals surface area contributed by atoms with E-state index in [0.717, 1.165) is 47.3 Å². The first-order valence-electron chi connectivity index (χ1n) is 12.0. The minimum atomic E-state index is -0.223. The van der Waals surface area contributed by atoms with Gasteiger partial charge in [-0.2, -0.15) is 0 Å². The fourth-order valence-corrected chi connectivity index (χ4v) is 4.32. The second-order valence-corrected chi connectivity index (χ2v) is 9.62. The van der Waals surface area contributed by atoms with Crippen molar-refractivity contribution in [1.29, 1.82) is 0 Å². The molecular weight excluding hydrogens is 428 g/mol. The highest BCUT2D eigenvalue weighted by atomic mass is 16.3. The van der Waals surface area contributed by atoms with Crippen molar-refractivity contribution in [1.82, 2.24) is 30.1 Å². The van der Waals surface area contributed by atoms with E-state index in [2.05, 4.69) is 66.1 Å². The highest BCUT2D eigenvalue weighted by Crippen LogP contribution is 2.31. The fourth-order valence-electron chi connectivity index (χ4n) is 4.32. The molecule has 0 radical (unpaired) electrons. The van der Waals surface area contributed by atoms with Gasteiger partial charge in [0.25, 0.3) is 5.56 Å². The van der Waals surface area contributed by atoms with E-state index < -0.39 is 0 Å². The molecule has 1 N–H and O–H groups in total. The SMILES string of the molecule is CCC[C@@H](c1nnnn1C(C)(C)CC)N(Cc1ccco1)Cc1cc2cc(C)ccc2[nH]c1=O. The molecular formula is C26H34N6O2. The van der Waals surface area contributed by atoms with Gasteiger partial charge in [0, 0.05) is 17.6 Å². The number of hydrogen-bond donors (Lipinski definition) is 1. The highest BCUT2D eigenvalue weighted by molar-refractivity contribution is 5.79. The lowest BCUT2D eigenvalue weighted by molar-refractivity contribution is 0.135. The molecule has 180 valence electrons.